The molecule has 0 aromatic heterocycles. The minimum atomic E-state index is 0.109. The number of nitrogens with two attached hydrogens (primary N) is 1. The van der Waals surface area contributed by atoms with Crippen molar-refractivity contribution >= 4 is 0 Å². The van der Waals surface area contributed by atoms with E-state index in [1.165, 1.54) is 19.3 Å². The zero-order valence-electron chi connectivity index (χ0n) is 14.8. The monoisotopic (exact) mass is 284 g/mol. The molecule has 0 aromatic rings. The van der Waals surface area contributed by atoms with E-state index in [0.29, 0.717) is 16.9 Å². The molecule has 1 aliphatic carbocycles. The van der Waals surface area contributed by atoms with Gasteiger partial charge in [-0.1, -0.05) is 34.6 Å². The van der Waals surface area contributed by atoms with Crippen LogP contribution in [-0.2, 0) is 4.74 Å². The average molecular weight is 284 g/mol. The highest BCUT2D eigenvalue weighted by atomic mass is 16.5. The molecule has 1 aliphatic rings. The molecular weight excluding hydrogens is 248 g/mol. The zero-order valence-corrected chi connectivity index (χ0v) is 14.8. The third kappa shape index (κ3) is 3.96. The first-order chi connectivity index (χ1) is 9.11. The molecular formula is C17H36N2O. The van der Waals surface area contributed by atoms with Crippen LogP contribution in [0.4, 0.5) is 0 Å². The highest BCUT2D eigenvalue weighted by molar-refractivity contribution is 5.05. The summed E-state index contributed by atoms with van der Waals surface area (Å²) in [4.78, 5) is 2.60. The van der Waals surface area contributed by atoms with E-state index in [1.807, 2.05) is 0 Å². The molecule has 0 aromatic carbocycles. The fourth-order valence-electron chi connectivity index (χ4n) is 5.18. The van der Waals surface area contributed by atoms with Gasteiger partial charge in [0.1, 0.15) is 0 Å². The summed E-state index contributed by atoms with van der Waals surface area (Å²) in [5.41, 5.74) is 7.11. The van der Waals surface area contributed by atoms with Crippen LogP contribution < -0.4 is 5.73 Å². The van der Waals surface area contributed by atoms with E-state index in [-0.39, 0.29) is 5.54 Å². The van der Waals surface area contributed by atoms with Crippen molar-refractivity contribution in [2.75, 3.05) is 26.8 Å². The standard InChI is InChI=1S/C17H36N2O/c1-8-19(14(2)9-20-7)17(13-18)11-15(3,4)10-16(5,6)12-17/h14H,8-13,18H2,1-7H3. The lowest BCUT2D eigenvalue weighted by atomic mass is 9.57. The van der Waals surface area contributed by atoms with E-state index in [2.05, 4.69) is 46.4 Å². The normalized spacial score (nSPS) is 25.6. The molecule has 0 saturated heterocycles. The largest absolute Gasteiger partial charge is 0.383 e. The van der Waals surface area contributed by atoms with E-state index >= 15 is 0 Å². The lowest BCUT2D eigenvalue weighted by Crippen LogP contribution is -2.63. The Hall–Kier alpha value is -0.120. The van der Waals surface area contributed by atoms with E-state index < -0.39 is 0 Å². The van der Waals surface area contributed by atoms with E-state index in [9.17, 15) is 0 Å². The van der Waals surface area contributed by atoms with Gasteiger partial charge in [-0.05, 0) is 43.6 Å². The summed E-state index contributed by atoms with van der Waals surface area (Å²) in [5, 5.41) is 0. The molecule has 2 N–H and O–H groups in total. The van der Waals surface area contributed by atoms with E-state index in [4.69, 9.17) is 10.5 Å². The summed E-state index contributed by atoms with van der Waals surface area (Å²) in [7, 11) is 1.79. The molecule has 1 rings (SSSR count). The Morgan fingerprint density at radius 3 is 1.95 bits per heavy atom. The number of nitrogens with zero attached hydrogens (tertiary/aromatic N) is 1. The smallest absolute Gasteiger partial charge is 0.0615 e. The molecule has 1 saturated carbocycles. The van der Waals surface area contributed by atoms with E-state index in [0.717, 1.165) is 19.7 Å². The Labute approximate surface area is 126 Å². The molecule has 3 heteroatoms. The van der Waals surface area contributed by atoms with Crippen LogP contribution in [0.3, 0.4) is 0 Å². The number of rotatable bonds is 6. The van der Waals surface area contributed by atoms with Gasteiger partial charge in [-0.25, -0.2) is 0 Å². The van der Waals surface area contributed by atoms with Gasteiger partial charge in [0.15, 0.2) is 0 Å². The maximum Gasteiger partial charge on any atom is 0.0615 e. The van der Waals surface area contributed by atoms with Crippen molar-refractivity contribution in [2.24, 2.45) is 16.6 Å². The average Bonchev–Trinajstić information content (AvgIpc) is 2.25. The molecule has 0 amide bonds. The first-order valence-electron chi connectivity index (χ1n) is 8.07. The molecule has 0 radical (unpaired) electrons. The second-order valence-electron chi connectivity index (χ2n) is 8.38. The van der Waals surface area contributed by atoms with Crippen LogP contribution in [0, 0.1) is 10.8 Å². The highest BCUT2D eigenvalue weighted by Crippen LogP contribution is 2.52. The predicted molar refractivity (Wildman–Crippen MR) is 86.9 cm³/mol. The fraction of sp³-hybridized carbons (Fsp3) is 1.00. The van der Waals surface area contributed by atoms with Gasteiger partial charge in [0.2, 0.25) is 0 Å². The second kappa shape index (κ2) is 6.33. The van der Waals surface area contributed by atoms with Gasteiger partial charge in [-0.15, -0.1) is 0 Å². The Kier molecular flexibility index (Phi) is 5.67. The van der Waals surface area contributed by atoms with Crippen LogP contribution >= 0.6 is 0 Å². The molecule has 120 valence electrons. The first kappa shape index (κ1) is 17.9. The van der Waals surface area contributed by atoms with Crippen LogP contribution in [0.15, 0.2) is 0 Å². The maximum absolute atomic E-state index is 6.31. The first-order valence-corrected chi connectivity index (χ1v) is 8.07. The number of methoxy groups -OCH3 is 1. The van der Waals surface area contributed by atoms with Gasteiger partial charge < -0.3 is 10.5 Å². The third-order valence-corrected chi connectivity index (χ3v) is 4.84. The molecule has 0 spiro atoms. The summed E-state index contributed by atoms with van der Waals surface area (Å²) < 4.78 is 5.39. The zero-order chi connectivity index (χ0) is 15.6. The minimum Gasteiger partial charge on any atom is -0.383 e. The van der Waals surface area contributed by atoms with Crippen molar-refractivity contribution in [3.63, 3.8) is 0 Å². The lowest BCUT2D eigenvalue weighted by Gasteiger charge is -2.57. The Balaban J connectivity index is 3.10. The van der Waals surface area contributed by atoms with Gasteiger partial charge in [0.05, 0.1) is 6.61 Å². The summed E-state index contributed by atoms with van der Waals surface area (Å²) in [6, 6.07) is 0.415. The SMILES string of the molecule is CCN(C(C)COC)C1(CN)CC(C)(C)CC(C)(C)C1. The van der Waals surface area contributed by atoms with Crippen LogP contribution in [0.1, 0.15) is 60.8 Å². The van der Waals surface area contributed by atoms with Crippen molar-refractivity contribution in [3.05, 3.63) is 0 Å². The minimum absolute atomic E-state index is 0.109. The van der Waals surface area contributed by atoms with Crippen molar-refractivity contribution in [1.29, 1.82) is 0 Å². The quantitative estimate of drug-likeness (QED) is 0.813. The van der Waals surface area contributed by atoms with Crippen molar-refractivity contribution in [3.8, 4) is 0 Å². The fourth-order valence-corrected chi connectivity index (χ4v) is 5.18. The molecule has 1 fully saturated rings. The highest BCUT2D eigenvalue weighted by Gasteiger charge is 2.50. The van der Waals surface area contributed by atoms with Gasteiger partial charge in [-0.2, -0.15) is 0 Å². The van der Waals surface area contributed by atoms with E-state index in [1.54, 1.807) is 7.11 Å². The maximum atomic E-state index is 6.31. The Morgan fingerprint density at radius 1 is 1.10 bits per heavy atom. The summed E-state index contributed by atoms with van der Waals surface area (Å²) >= 11 is 0. The van der Waals surface area contributed by atoms with Gasteiger partial charge >= 0.3 is 0 Å². The van der Waals surface area contributed by atoms with Crippen molar-refractivity contribution in [1.82, 2.24) is 4.90 Å². The summed E-state index contributed by atoms with van der Waals surface area (Å²) in [6.07, 6.45) is 3.64. The predicted octanol–water partition coefficient (Wildman–Crippen LogP) is 3.28. The molecule has 0 aliphatic heterocycles. The molecule has 1 unspecified atom stereocenters. The molecule has 0 heterocycles. The number of ether oxygens (including phenoxy) is 1. The van der Waals surface area contributed by atoms with Gasteiger partial charge in [0, 0.05) is 25.2 Å². The van der Waals surface area contributed by atoms with Crippen LogP contribution in [0.5, 0.6) is 0 Å². The Morgan fingerprint density at radius 2 is 1.60 bits per heavy atom. The molecule has 0 bridgehead atoms. The summed E-state index contributed by atoms with van der Waals surface area (Å²) in [5.74, 6) is 0. The molecule has 20 heavy (non-hydrogen) atoms. The van der Waals surface area contributed by atoms with Gasteiger partial charge in [-0.3, -0.25) is 4.90 Å². The molecule has 3 nitrogen and oxygen atoms in total. The Bertz CT molecular complexity index is 296. The number of likely N-dealkylation sites (N-methyl/N-ethyl adjacent to an activating group) is 1. The lowest BCUT2D eigenvalue weighted by molar-refractivity contribution is -0.0687. The van der Waals surface area contributed by atoms with Gasteiger partial charge in [0.25, 0.3) is 0 Å². The van der Waals surface area contributed by atoms with Crippen molar-refractivity contribution < 1.29 is 4.74 Å². The number of hydrogen-bond acceptors (Lipinski definition) is 3. The second-order valence-corrected chi connectivity index (χ2v) is 8.38. The van der Waals surface area contributed by atoms with Crippen molar-refractivity contribution in [2.45, 2.75) is 72.4 Å². The van der Waals surface area contributed by atoms with Crippen LogP contribution in [0.2, 0.25) is 0 Å². The van der Waals surface area contributed by atoms with Crippen LogP contribution in [-0.4, -0.2) is 43.3 Å². The summed E-state index contributed by atoms with van der Waals surface area (Å²) in [6.45, 7) is 16.6. The third-order valence-electron chi connectivity index (χ3n) is 4.84. The molecule has 1 atom stereocenters. The number of hydrogen-bond donors (Lipinski definition) is 1. The topological polar surface area (TPSA) is 38.5 Å². The van der Waals surface area contributed by atoms with Crippen LogP contribution in [0.25, 0.3) is 0 Å².